The number of hydrogen-bond donors (Lipinski definition) is 1. The van der Waals surface area contributed by atoms with Gasteiger partial charge in [0.15, 0.2) is 0 Å². The van der Waals surface area contributed by atoms with Gasteiger partial charge >= 0.3 is 5.97 Å². The van der Waals surface area contributed by atoms with E-state index in [1.165, 1.54) is 18.9 Å². The molecule has 0 aliphatic carbocycles. The zero-order valence-corrected chi connectivity index (χ0v) is 11.0. The van der Waals surface area contributed by atoms with E-state index in [1.54, 1.807) is 12.1 Å². The van der Waals surface area contributed by atoms with Crippen molar-refractivity contribution in [2.75, 3.05) is 12.8 Å². The molecule has 0 atom stereocenters. The number of halogens is 1. The molecule has 16 heavy (non-hydrogen) atoms. The van der Waals surface area contributed by atoms with Gasteiger partial charge in [0.25, 0.3) is 0 Å². The van der Waals surface area contributed by atoms with Gasteiger partial charge in [0, 0.05) is 15.8 Å². The molecule has 0 saturated heterocycles. The van der Waals surface area contributed by atoms with Gasteiger partial charge in [-0.05, 0) is 12.1 Å². The predicted octanol–water partition coefficient (Wildman–Crippen LogP) is 3.21. The first-order valence-electron chi connectivity index (χ1n) is 4.79. The Bertz CT molecular complexity index is 407. The molecule has 3 nitrogen and oxygen atoms in total. The van der Waals surface area contributed by atoms with E-state index in [0.717, 1.165) is 4.90 Å². The van der Waals surface area contributed by atoms with Crippen molar-refractivity contribution in [3.63, 3.8) is 0 Å². The van der Waals surface area contributed by atoms with E-state index in [9.17, 15) is 4.79 Å². The summed E-state index contributed by atoms with van der Waals surface area (Å²) < 4.78 is 4.70. The number of rotatable bonds is 3. The van der Waals surface area contributed by atoms with Gasteiger partial charge in [-0.15, -0.1) is 11.8 Å². The topological polar surface area (TPSA) is 52.3 Å². The summed E-state index contributed by atoms with van der Waals surface area (Å²) in [4.78, 5) is 12.3. The van der Waals surface area contributed by atoms with Crippen LogP contribution in [0.1, 0.15) is 24.2 Å². The minimum atomic E-state index is -0.419. The zero-order chi connectivity index (χ0) is 12.3. The second-order valence-electron chi connectivity index (χ2n) is 3.54. The van der Waals surface area contributed by atoms with Crippen LogP contribution in [0.4, 0.5) is 5.69 Å². The summed E-state index contributed by atoms with van der Waals surface area (Å²) in [5.41, 5.74) is 6.53. The Hall–Kier alpha value is -0.870. The number of hydrogen-bond acceptors (Lipinski definition) is 4. The third-order valence-electron chi connectivity index (χ3n) is 1.82. The molecule has 0 unspecified atom stereocenters. The molecule has 0 heterocycles. The van der Waals surface area contributed by atoms with E-state index in [2.05, 4.69) is 0 Å². The number of benzene rings is 1. The highest BCUT2D eigenvalue weighted by Gasteiger charge is 2.17. The van der Waals surface area contributed by atoms with Crippen LogP contribution in [0.15, 0.2) is 17.0 Å². The molecule has 0 fully saturated rings. The number of esters is 1. The summed E-state index contributed by atoms with van der Waals surface area (Å²) in [6.07, 6.45) is 0. The highest BCUT2D eigenvalue weighted by molar-refractivity contribution is 8.00. The lowest BCUT2D eigenvalue weighted by molar-refractivity contribution is 0.0597. The minimum absolute atomic E-state index is 0.324. The molecule has 5 heteroatoms. The van der Waals surface area contributed by atoms with E-state index >= 15 is 0 Å². The standard InChI is InChI=1S/C11H14ClNO2S/c1-6(2)16-10-8(11(14)15-3)4-7(13)5-9(10)12/h4-6H,13H2,1-3H3. The van der Waals surface area contributed by atoms with Crippen molar-refractivity contribution in [2.24, 2.45) is 0 Å². The van der Waals surface area contributed by atoms with Gasteiger partial charge in [-0.25, -0.2) is 4.79 Å². The quantitative estimate of drug-likeness (QED) is 0.515. The molecular weight excluding hydrogens is 246 g/mol. The van der Waals surface area contributed by atoms with Crippen molar-refractivity contribution >= 4 is 35.0 Å². The lowest BCUT2D eigenvalue weighted by Crippen LogP contribution is -2.06. The van der Waals surface area contributed by atoms with Gasteiger partial charge in [-0.1, -0.05) is 25.4 Å². The summed E-state index contributed by atoms with van der Waals surface area (Å²) >= 11 is 7.59. The van der Waals surface area contributed by atoms with Gasteiger partial charge in [0.2, 0.25) is 0 Å². The third-order valence-corrected chi connectivity index (χ3v) is 3.38. The fourth-order valence-electron chi connectivity index (χ4n) is 1.23. The van der Waals surface area contributed by atoms with Gasteiger partial charge in [0.1, 0.15) is 0 Å². The maximum absolute atomic E-state index is 11.6. The number of thioether (sulfide) groups is 1. The smallest absolute Gasteiger partial charge is 0.339 e. The Morgan fingerprint density at radius 3 is 2.62 bits per heavy atom. The van der Waals surface area contributed by atoms with Crippen molar-refractivity contribution in [2.45, 2.75) is 24.0 Å². The van der Waals surface area contributed by atoms with Crippen molar-refractivity contribution < 1.29 is 9.53 Å². The minimum Gasteiger partial charge on any atom is -0.465 e. The molecule has 0 spiro atoms. The Morgan fingerprint density at radius 1 is 1.50 bits per heavy atom. The molecule has 1 aromatic rings. The van der Waals surface area contributed by atoms with E-state index in [4.69, 9.17) is 22.1 Å². The highest BCUT2D eigenvalue weighted by atomic mass is 35.5. The lowest BCUT2D eigenvalue weighted by Gasteiger charge is -2.12. The third kappa shape index (κ3) is 3.06. The number of carbonyl (C=O) groups is 1. The fourth-order valence-corrected chi connectivity index (χ4v) is 2.51. The van der Waals surface area contributed by atoms with Crippen molar-refractivity contribution in [1.82, 2.24) is 0 Å². The largest absolute Gasteiger partial charge is 0.465 e. The van der Waals surface area contributed by atoms with Crippen molar-refractivity contribution in [1.29, 1.82) is 0 Å². The number of ether oxygens (including phenoxy) is 1. The van der Waals surface area contributed by atoms with E-state index in [-0.39, 0.29) is 0 Å². The molecule has 88 valence electrons. The Kier molecular flexibility index (Phi) is 4.50. The Balaban J connectivity index is 3.26. The maximum Gasteiger partial charge on any atom is 0.339 e. The van der Waals surface area contributed by atoms with Crippen LogP contribution in [0.25, 0.3) is 0 Å². The van der Waals surface area contributed by atoms with E-state index in [1.807, 2.05) is 13.8 Å². The monoisotopic (exact) mass is 259 g/mol. The highest BCUT2D eigenvalue weighted by Crippen LogP contribution is 2.35. The first-order chi connectivity index (χ1) is 7.45. The van der Waals surface area contributed by atoms with Crippen LogP contribution in [0, 0.1) is 0 Å². The number of nitrogen functional groups attached to an aromatic ring is 1. The first-order valence-corrected chi connectivity index (χ1v) is 6.05. The fraction of sp³-hybridized carbons (Fsp3) is 0.364. The normalized spacial score (nSPS) is 10.6. The van der Waals surface area contributed by atoms with Crippen LogP contribution in [0.2, 0.25) is 5.02 Å². The summed E-state index contributed by atoms with van der Waals surface area (Å²) in [6.45, 7) is 4.05. The van der Waals surface area contributed by atoms with Gasteiger partial charge in [-0.2, -0.15) is 0 Å². The van der Waals surface area contributed by atoms with Gasteiger partial charge < -0.3 is 10.5 Å². The summed E-state index contributed by atoms with van der Waals surface area (Å²) in [6, 6.07) is 3.22. The Labute approximate surface area is 104 Å². The molecule has 1 rings (SSSR count). The summed E-state index contributed by atoms with van der Waals surface area (Å²) in [5, 5.41) is 0.809. The average molecular weight is 260 g/mol. The molecule has 0 radical (unpaired) electrons. The molecule has 0 bridgehead atoms. The number of nitrogens with two attached hydrogens (primary N) is 1. The van der Waals surface area contributed by atoms with E-state index in [0.29, 0.717) is 21.5 Å². The molecule has 0 amide bonds. The summed E-state index contributed by atoms with van der Waals surface area (Å²) in [7, 11) is 1.34. The number of anilines is 1. The van der Waals surface area contributed by atoms with Crippen LogP contribution < -0.4 is 5.73 Å². The SMILES string of the molecule is COC(=O)c1cc(N)cc(Cl)c1SC(C)C. The average Bonchev–Trinajstić information content (AvgIpc) is 2.20. The van der Waals surface area contributed by atoms with Crippen LogP contribution >= 0.6 is 23.4 Å². The van der Waals surface area contributed by atoms with E-state index < -0.39 is 5.97 Å². The van der Waals surface area contributed by atoms with Crippen LogP contribution in [0.5, 0.6) is 0 Å². The molecule has 0 aromatic heterocycles. The molecule has 1 aromatic carbocycles. The molecule has 2 N–H and O–H groups in total. The Morgan fingerprint density at radius 2 is 2.12 bits per heavy atom. The molecular formula is C11H14ClNO2S. The molecule has 0 aliphatic heterocycles. The van der Waals surface area contributed by atoms with Crippen molar-refractivity contribution in [3.8, 4) is 0 Å². The zero-order valence-electron chi connectivity index (χ0n) is 9.41. The van der Waals surface area contributed by atoms with Gasteiger partial charge in [0.05, 0.1) is 17.7 Å². The van der Waals surface area contributed by atoms with Crippen molar-refractivity contribution in [3.05, 3.63) is 22.7 Å². The van der Waals surface area contributed by atoms with Crippen LogP contribution in [-0.4, -0.2) is 18.3 Å². The summed E-state index contributed by atoms with van der Waals surface area (Å²) in [5.74, 6) is -0.419. The molecule has 0 saturated carbocycles. The van der Waals surface area contributed by atoms with Crippen LogP contribution in [0.3, 0.4) is 0 Å². The maximum atomic E-state index is 11.6. The number of carbonyl (C=O) groups excluding carboxylic acids is 1. The first kappa shape index (κ1) is 13.2. The number of methoxy groups -OCH3 is 1. The predicted molar refractivity (Wildman–Crippen MR) is 68.2 cm³/mol. The van der Waals surface area contributed by atoms with Gasteiger partial charge in [-0.3, -0.25) is 0 Å². The lowest BCUT2D eigenvalue weighted by atomic mass is 10.2. The second kappa shape index (κ2) is 5.46. The van der Waals surface area contributed by atoms with Crippen LogP contribution in [-0.2, 0) is 4.74 Å². The second-order valence-corrected chi connectivity index (χ2v) is 5.53. The molecule has 0 aliphatic rings.